The zero-order chi connectivity index (χ0) is 15.0. The summed E-state index contributed by atoms with van der Waals surface area (Å²) < 4.78 is 27.6. The first-order valence-electron chi connectivity index (χ1n) is 5.84. The van der Waals surface area contributed by atoms with Crippen molar-refractivity contribution in [3.05, 3.63) is 29.0 Å². The summed E-state index contributed by atoms with van der Waals surface area (Å²) in [6, 6.07) is 3.90. The highest BCUT2D eigenvalue weighted by Crippen LogP contribution is 2.27. The molecule has 0 aliphatic heterocycles. The zero-order valence-corrected chi connectivity index (χ0v) is 11.6. The van der Waals surface area contributed by atoms with Crippen LogP contribution in [-0.4, -0.2) is 32.3 Å². The maximum atomic E-state index is 13.3. The highest BCUT2D eigenvalue weighted by molar-refractivity contribution is 6.32. The van der Waals surface area contributed by atoms with Crippen molar-refractivity contribution >= 4 is 23.5 Å². The van der Waals surface area contributed by atoms with Crippen LogP contribution < -0.4 is 4.74 Å². The van der Waals surface area contributed by atoms with Crippen LogP contribution >= 0.6 is 11.6 Å². The summed E-state index contributed by atoms with van der Waals surface area (Å²) in [6.07, 6.45) is -0.384. The van der Waals surface area contributed by atoms with Gasteiger partial charge in [-0.3, -0.25) is 9.59 Å². The van der Waals surface area contributed by atoms with Gasteiger partial charge in [0.25, 0.3) is 0 Å². The fraction of sp³-hybridized carbons (Fsp3) is 0.385. The van der Waals surface area contributed by atoms with Gasteiger partial charge in [0, 0.05) is 7.11 Å². The van der Waals surface area contributed by atoms with Gasteiger partial charge in [-0.15, -0.1) is 0 Å². The molecule has 0 aromatic heterocycles. The molecule has 0 unspecified atom stereocenters. The molecular formula is C13H14ClFO5. The first-order chi connectivity index (χ1) is 9.54. The van der Waals surface area contributed by atoms with Crippen molar-refractivity contribution in [2.45, 2.75) is 12.8 Å². The van der Waals surface area contributed by atoms with Gasteiger partial charge >= 0.3 is 11.9 Å². The molecule has 0 heterocycles. The minimum atomic E-state index is -0.763. The second-order valence-corrected chi connectivity index (χ2v) is 4.15. The molecule has 0 aliphatic rings. The van der Waals surface area contributed by atoms with Crippen molar-refractivity contribution in [1.82, 2.24) is 0 Å². The lowest BCUT2D eigenvalue weighted by Gasteiger charge is -2.07. The van der Waals surface area contributed by atoms with Gasteiger partial charge in [-0.25, -0.2) is 4.39 Å². The number of hydrogen-bond donors (Lipinski definition) is 0. The van der Waals surface area contributed by atoms with E-state index in [2.05, 4.69) is 0 Å². The smallest absolute Gasteiger partial charge is 0.311 e. The number of methoxy groups -OCH3 is 1. The average Bonchev–Trinajstić information content (AvgIpc) is 2.41. The van der Waals surface area contributed by atoms with Crippen LogP contribution in [0.3, 0.4) is 0 Å². The molecule has 20 heavy (non-hydrogen) atoms. The highest BCUT2D eigenvalue weighted by Gasteiger charge is 2.15. The monoisotopic (exact) mass is 304 g/mol. The lowest BCUT2D eigenvalue weighted by atomic mass is 10.3. The van der Waals surface area contributed by atoms with E-state index in [1.807, 2.05) is 0 Å². The van der Waals surface area contributed by atoms with E-state index < -0.39 is 17.8 Å². The van der Waals surface area contributed by atoms with Crippen molar-refractivity contribution < 1.29 is 28.2 Å². The Hall–Kier alpha value is -1.66. The van der Waals surface area contributed by atoms with E-state index in [-0.39, 0.29) is 36.8 Å². The molecule has 0 radical (unpaired) electrons. The van der Waals surface area contributed by atoms with Crippen molar-refractivity contribution in [1.29, 1.82) is 0 Å². The average molecular weight is 305 g/mol. The third-order valence-electron chi connectivity index (χ3n) is 2.22. The van der Waals surface area contributed by atoms with Crippen LogP contribution in [0.1, 0.15) is 12.8 Å². The molecular weight excluding hydrogens is 291 g/mol. The molecule has 0 aliphatic carbocycles. The number of ether oxygens (including phenoxy) is 3. The number of halogens is 2. The van der Waals surface area contributed by atoms with E-state index in [1.54, 1.807) is 0 Å². The number of hydrogen-bond acceptors (Lipinski definition) is 5. The molecule has 0 bridgehead atoms. The number of rotatable bonds is 7. The number of para-hydroxylation sites is 1. The molecule has 0 fully saturated rings. The molecule has 0 saturated carbocycles. The summed E-state index contributed by atoms with van der Waals surface area (Å²) in [7, 11) is 1.48. The maximum Gasteiger partial charge on any atom is 0.311 e. The Labute approximate surface area is 120 Å². The summed E-state index contributed by atoms with van der Waals surface area (Å²) >= 11 is 5.70. The molecule has 0 N–H and O–H groups in total. The molecule has 0 saturated heterocycles. The summed E-state index contributed by atoms with van der Waals surface area (Å²) in [5.41, 5.74) is 0. The molecule has 0 spiro atoms. The normalized spacial score (nSPS) is 10.2. The number of esters is 2. The quantitative estimate of drug-likeness (QED) is 0.439. The Morgan fingerprint density at radius 2 is 1.90 bits per heavy atom. The topological polar surface area (TPSA) is 61.8 Å². The van der Waals surface area contributed by atoms with Gasteiger partial charge in [-0.05, 0) is 12.1 Å². The van der Waals surface area contributed by atoms with Crippen LogP contribution in [0.4, 0.5) is 4.39 Å². The van der Waals surface area contributed by atoms with Gasteiger partial charge < -0.3 is 14.2 Å². The summed E-state index contributed by atoms with van der Waals surface area (Å²) in [5, 5.41) is -0.0129. The minimum Gasteiger partial charge on any atom is -0.463 e. The largest absolute Gasteiger partial charge is 0.463 e. The SMILES string of the molecule is COCCOC(=O)CCC(=O)Oc1c(F)cccc1Cl. The number of carbonyl (C=O) groups excluding carboxylic acids is 2. The second kappa shape index (κ2) is 8.50. The van der Waals surface area contributed by atoms with E-state index in [4.69, 9.17) is 25.8 Å². The van der Waals surface area contributed by atoms with E-state index in [0.717, 1.165) is 6.07 Å². The van der Waals surface area contributed by atoms with Crippen molar-refractivity contribution in [2.75, 3.05) is 20.3 Å². The van der Waals surface area contributed by atoms with E-state index in [9.17, 15) is 14.0 Å². The molecule has 0 atom stereocenters. The summed E-state index contributed by atoms with van der Waals surface area (Å²) in [6.45, 7) is 0.393. The molecule has 110 valence electrons. The lowest BCUT2D eigenvalue weighted by molar-refractivity contribution is -0.147. The highest BCUT2D eigenvalue weighted by atomic mass is 35.5. The minimum absolute atomic E-state index is 0.0129. The van der Waals surface area contributed by atoms with Crippen LogP contribution in [0.2, 0.25) is 5.02 Å². The predicted octanol–water partition coefficient (Wildman–Crippen LogP) is 2.35. The zero-order valence-electron chi connectivity index (χ0n) is 10.9. The van der Waals surface area contributed by atoms with Crippen LogP contribution in [-0.2, 0) is 19.1 Å². The fourth-order valence-electron chi connectivity index (χ4n) is 1.26. The Balaban J connectivity index is 2.39. The fourth-order valence-corrected chi connectivity index (χ4v) is 1.46. The van der Waals surface area contributed by atoms with Crippen molar-refractivity contribution in [2.24, 2.45) is 0 Å². The molecule has 0 amide bonds. The number of benzene rings is 1. The van der Waals surface area contributed by atoms with Gasteiger partial charge in [0.05, 0.1) is 24.5 Å². The molecule has 1 aromatic rings. The maximum absolute atomic E-state index is 13.3. The summed E-state index contributed by atoms with van der Waals surface area (Å²) in [5.74, 6) is -2.40. The van der Waals surface area contributed by atoms with Crippen molar-refractivity contribution in [3.8, 4) is 5.75 Å². The van der Waals surface area contributed by atoms with Gasteiger partial charge in [-0.1, -0.05) is 17.7 Å². The van der Waals surface area contributed by atoms with E-state index in [0.29, 0.717) is 0 Å². The molecule has 1 aromatic carbocycles. The molecule has 7 heteroatoms. The molecule has 1 rings (SSSR count). The molecule has 5 nitrogen and oxygen atoms in total. The third kappa shape index (κ3) is 5.54. The predicted molar refractivity (Wildman–Crippen MR) is 69.1 cm³/mol. The first-order valence-corrected chi connectivity index (χ1v) is 6.21. The second-order valence-electron chi connectivity index (χ2n) is 3.74. The van der Waals surface area contributed by atoms with Gasteiger partial charge in [0.2, 0.25) is 0 Å². The Bertz CT molecular complexity index is 458. The first kappa shape index (κ1) is 16.4. The Kier molecular flexibility index (Phi) is 6.97. The number of carbonyl (C=O) groups is 2. The lowest BCUT2D eigenvalue weighted by Crippen LogP contribution is -2.14. The van der Waals surface area contributed by atoms with Gasteiger partial charge in [-0.2, -0.15) is 0 Å². The van der Waals surface area contributed by atoms with Crippen LogP contribution in [0, 0.1) is 5.82 Å². The van der Waals surface area contributed by atoms with Crippen molar-refractivity contribution in [3.63, 3.8) is 0 Å². The van der Waals surface area contributed by atoms with Gasteiger partial charge in [0.1, 0.15) is 6.61 Å². The van der Waals surface area contributed by atoms with E-state index >= 15 is 0 Å². The van der Waals surface area contributed by atoms with Crippen LogP contribution in [0.5, 0.6) is 5.75 Å². The Morgan fingerprint density at radius 1 is 1.20 bits per heavy atom. The van der Waals surface area contributed by atoms with Crippen LogP contribution in [0.25, 0.3) is 0 Å². The van der Waals surface area contributed by atoms with Crippen LogP contribution in [0.15, 0.2) is 18.2 Å². The van der Waals surface area contributed by atoms with Gasteiger partial charge in [0.15, 0.2) is 11.6 Å². The summed E-state index contributed by atoms with van der Waals surface area (Å²) in [4.78, 5) is 22.7. The standard InChI is InChI=1S/C13H14ClFO5/c1-18-7-8-19-11(16)5-6-12(17)20-13-9(14)3-2-4-10(13)15/h2-4H,5-8H2,1H3. The van der Waals surface area contributed by atoms with E-state index in [1.165, 1.54) is 19.2 Å². The third-order valence-corrected chi connectivity index (χ3v) is 2.52. The Morgan fingerprint density at radius 3 is 2.55 bits per heavy atom.